The van der Waals surface area contributed by atoms with E-state index >= 15 is 0 Å². The number of rotatable bonds is 5. The molecule has 0 spiro atoms. The summed E-state index contributed by atoms with van der Waals surface area (Å²) in [4.78, 5) is 12.0. The largest absolute Gasteiger partial charge is 0.351 e. The second kappa shape index (κ2) is 8.76. The van der Waals surface area contributed by atoms with Crippen molar-refractivity contribution >= 4 is 33.4 Å². The van der Waals surface area contributed by atoms with E-state index in [-0.39, 0.29) is 5.91 Å². The molecule has 21 heavy (non-hydrogen) atoms. The summed E-state index contributed by atoms with van der Waals surface area (Å²) >= 11 is 9.40. The van der Waals surface area contributed by atoms with Gasteiger partial charge in [-0.05, 0) is 31.0 Å². The van der Waals surface area contributed by atoms with Crippen molar-refractivity contribution in [3.05, 3.63) is 33.3 Å². The van der Waals surface area contributed by atoms with Crippen LogP contribution in [-0.4, -0.2) is 25.0 Å². The normalized spacial score (nSPS) is 16.5. The zero-order valence-electron chi connectivity index (χ0n) is 12.1. The molecule has 0 aliphatic heterocycles. The number of halogens is 2. The Balaban J connectivity index is 1.71. The van der Waals surface area contributed by atoms with Gasteiger partial charge < -0.3 is 10.6 Å². The third kappa shape index (κ3) is 5.61. The molecule has 0 atom stereocenters. The fourth-order valence-corrected chi connectivity index (χ4v) is 3.46. The van der Waals surface area contributed by atoms with Gasteiger partial charge in [0.2, 0.25) is 0 Å². The van der Waals surface area contributed by atoms with Crippen LogP contribution in [0.5, 0.6) is 0 Å². The zero-order chi connectivity index (χ0) is 15.1. The van der Waals surface area contributed by atoms with Gasteiger partial charge in [-0.25, -0.2) is 0 Å². The van der Waals surface area contributed by atoms with E-state index in [1.165, 1.54) is 38.5 Å². The number of carbonyl (C=O) groups excluding carboxylic acids is 1. The van der Waals surface area contributed by atoms with Crippen molar-refractivity contribution in [1.29, 1.82) is 0 Å². The molecule has 2 N–H and O–H groups in total. The van der Waals surface area contributed by atoms with E-state index in [9.17, 15) is 4.79 Å². The van der Waals surface area contributed by atoms with Crippen LogP contribution in [0.25, 0.3) is 0 Å². The maximum atomic E-state index is 12.0. The number of benzene rings is 1. The van der Waals surface area contributed by atoms with Gasteiger partial charge in [0.1, 0.15) is 0 Å². The Bertz CT molecular complexity index is 473. The second-order valence-corrected chi connectivity index (χ2v) is 6.85. The predicted octanol–water partition coefficient (Wildman–Crippen LogP) is 4.14. The second-order valence-electron chi connectivity index (χ2n) is 5.52. The molecule has 0 radical (unpaired) electrons. The highest BCUT2D eigenvalue weighted by molar-refractivity contribution is 9.10. The number of amides is 1. The number of hydrogen-bond acceptors (Lipinski definition) is 2. The van der Waals surface area contributed by atoms with Crippen LogP contribution in [0.2, 0.25) is 5.02 Å². The quantitative estimate of drug-likeness (QED) is 0.601. The lowest BCUT2D eigenvalue weighted by molar-refractivity contribution is 0.0953. The Kier molecular flexibility index (Phi) is 7.00. The molecule has 1 fully saturated rings. The molecule has 1 saturated carbocycles. The molecule has 2 rings (SSSR count). The molecule has 5 heteroatoms. The van der Waals surface area contributed by atoms with Gasteiger partial charge in [-0.15, -0.1) is 0 Å². The molecule has 0 unspecified atom stereocenters. The lowest BCUT2D eigenvalue weighted by atomic mass is 10.1. The Hall–Kier alpha value is -0.580. The molecule has 116 valence electrons. The number of nitrogens with one attached hydrogen (secondary N) is 2. The van der Waals surface area contributed by atoms with Crippen LogP contribution >= 0.6 is 27.5 Å². The minimum absolute atomic E-state index is 0.116. The van der Waals surface area contributed by atoms with E-state index in [1.807, 2.05) is 6.07 Å². The molecule has 1 aliphatic rings. The van der Waals surface area contributed by atoms with Gasteiger partial charge in [0.05, 0.1) is 10.6 Å². The van der Waals surface area contributed by atoms with Gasteiger partial charge in [-0.1, -0.05) is 53.2 Å². The van der Waals surface area contributed by atoms with E-state index in [0.29, 0.717) is 23.2 Å². The highest BCUT2D eigenvalue weighted by atomic mass is 79.9. The molecule has 0 bridgehead atoms. The van der Waals surface area contributed by atoms with E-state index < -0.39 is 0 Å². The third-order valence-corrected chi connectivity index (χ3v) is 4.68. The lowest BCUT2D eigenvalue weighted by Gasteiger charge is -2.16. The minimum Gasteiger partial charge on any atom is -0.351 e. The van der Waals surface area contributed by atoms with E-state index in [1.54, 1.807) is 12.1 Å². The van der Waals surface area contributed by atoms with Crippen LogP contribution in [0.1, 0.15) is 48.9 Å². The van der Waals surface area contributed by atoms with Crippen molar-refractivity contribution in [2.24, 2.45) is 0 Å². The average molecular weight is 374 g/mol. The van der Waals surface area contributed by atoms with E-state index in [2.05, 4.69) is 26.6 Å². The Labute approximate surface area is 140 Å². The summed E-state index contributed by atoms with van der Waals surface area (Å²) in [5, 5.41) is 6.92. The van der Waals surface area contributed by atoms with Gasteiger partial charge in [-0.3, -0.25) is 4.79 Å². The maximum absolute atomic E-state index is 12.0. The maximum Gasteiger partial charge on any atom is 0.252 e. The Morgan fingerprint density at radius 2 is 1.90 bits per heavy atom. The summed E-state index contributed by atoms with van der Waals surface area (Å²) in [5.41, 5.74) is 0.523. The molecular weight excluding hydrogens is 352 g/mol. The van der Waals surface area contributed by atoms with Crippen molar-refractivity contribution in [2.75, 3.05) is 13.1 Å². The molecular formula is C16H22BrClN2O. The summed E-state index contributed by atoms with van der Waals surface area (Å²) in [7, 11) is 0. The summed E-state index contributed by atoms with van der Waals surface area (Å²) in [6.07, 6.45) is 7.87. The standard InChI is InChI=1S/C16H22BrClN2O/c17-12-7-8-14(15(18)11-12)16(21)20-10-9-19-13-5-3-1-2-4-6-13/h7-8,11,13,19H,1-6,9-10H2,(H,20,21). The van der Waals surface area contributed by atoms with E-state index in [0.717, 1.165) is 11.0 Å². The van der Waals surface area contributed by atoms with Gasteiger partial charge in [0.25, 0.3) is 5.91 Å². The summed E-state index contributed by atoms with van der Waals surface area (Å²) < 4.78 is 0.874. The Morgan fingerprint density at radius 3 is 2.57 bits per heavy atom. The number of hydrogen-bond donors (Lipinski definition) is 2. The zero-order valence-corrected chi connectivity index (χ0v) is 14.5. The van der Waals surface area contributed by atoms with Crippen LogP contribution in [0.4, 0.5) is 0 Å². The fraction of sp³-hybridized carbons (Fsp3) is 0.562. The molecule has 1 amide bonds. The predicted molar refractivity (Wildman–Crippen MR) is 91.0 cm³/mol. The van der Waals surface area contributed by atoms with Crippen molar-refractivity contribution in [2.45, 2.75) is 44.6 Å². The molecule has 0 saturated heterocycles. The topological polar surface area (TPSA) is 41.1 Å². The van der Waals surface area contributed by atoms with Crippen LogP contribution in [-0.2, 0) is 0 Å². The first-order valence-corrected chi connectivity index (χ1v) is 8.80. The molecule has 1 aromatic carbocycles. The first-order valence-electron chi connectivity index (χ1n) is 7.63. The molecule has 1 aliphatic carbocycles. The SMILES string of the molecule is O=C(NCCNC1CCCCCC1)c1ccc(Br)cc1Cl. The first kappa shape index (κ1) is 16.8. The highest BCUT2D eigenvalue weighted by Crippen LogP contribution is 2.21. The summed E-state index contributed by atoms with van der Waals surface area (Å²) in [6, 6.07) is 5.91. The molecule has 3 nitrogen and oxygen atoms in total. The van der Waals surface area contributed by atoms with Gasteiger partial charge in [-0.2, -0.15) is 0 Å². The molecule has 0 heterocycles. The summed E-state index contributed by atoms with van der Waals surface area (Å²) in [5.74, 6) is -0.116. The molecule has 0 aromatic heterocycles. The monoisotopic (exact) mass is 372 g/mol. The van der Waals surface area contributed by atoms with E-state index in [4.69, 9.17) is 11.6 Å². The van der Waals surface area contributed by atoms with Crippen molar-refractivity contribution in [3.8, 4) is 0 Å². The smallest absolute Gasteiger partial charge is 0.252 e. The minimum atomic E-state index is -0.116. The average Bonchev–Trinajstić information content (AvgIpc) is 2.72. The highest BCUT2D eigenvalue weighted by Gasteiger charge is 2.12. The van der Waals surface area contributed by atoms with Crippen molar-refractivity contribution in [3.63, 3.8) is 0 Å². The molecule has 1 aromatic rings. The van der Waals surface area contributed by atoms with Crippen LogP contribution < -0.4 is 10.6 Å². The third-order valence-electron chi connectivity index (χ3n) is 3.87. The van der Waals surface area contributed by atoms with Gasteiger partial charge in [0.15, 0.2) is 0 Å². The first-order chi connectivity index (χ1) is 10.2. The number of carbonyl (C=O) groups is 1. The summed E-state index contributed by atoms with van der Waals surface area (Å²) in [6.45, 7) is 1.44. The van der Waals surface area contributed by atoms with Crippen LogP contribution in [0.3, 0.4) is 0 Å². The Morgan fingerprint density at radius 1 is 1.19 bits per heavy atom. The fourth-order valence-electron chi connectivity index (χ4n) is 2.70. The van der Waals surface area contributed by atoms with Gasteiger partial charge >= 0.3 is 0 Å². The van der Waals surface area contributed by atoms with Crippen LogP contribution in [0.15, 0.2) is 22.7 Å². The van der Waals surface area contributed by atoms with Crippen LogP contribution in [0, 0.1) is 0 Å². The van der Waals surface area contributed by atoms with Gasteiger partial charge in [0, 0.05) is 23.6 Å². The lowest BCUT2D eigenvalue weighted by Crippen LogP contribution is -2.36. The van der Waals surface area contributed by atoms with Crippen molar-refractivity contribution < 1.29 is 4.79 Å². The van der Waals surface area contributed by atoms with Crippen molar-refractivity contribution in [1.82, 2.24) is 10.6 Å².